The van der Waals surface area contributed by atoms with Crippen LogP contribution >= 0.6 is 23.2 Å². The molecule has 6 heteroatoms. The van der Waals surface area contributed by atoms with Crippen molar-refractivity contribution in [1.82, 2.24) is 10.2 Å². The van der Waals surface area contributed by atoms with Gasteiger partial charge in [0.25, 0.3) is 0 Å². The van der Waals surface area contributed by atoms with E-state index in [0.717, 1.165) is 28.3 Å². The van der Waals surface area contributed by atoms with Gasteiger partial charge in [0.15, 0.2) is 0 Å². The molecule has 0 aliphatic heterocycles. The van der Waals surface area contributed by atoms with Gasteiger partial charge in [0, 0.05) is 29.6 Å². The number of amides is 2. The van der Waals surface area contributed by atoms with Crippen LogP contribution in [0, 0.1) is 0 Å². The van der Waals surface area contributed by atoms with Crippen molar-refractivity contribution in [3.8, 4) is 0 Å². The highest BCUT2D eigenvalue weighted by atomic mass is 35.5. The maximum atomic E-state index is 13.3. The van der Waals surface area contributed by atoms with Gasteiger partial charge in [-0.2, -0.15) is 0 Å². The SMILES string of the molecule is CCCNC(=O)C(C)N(Cc1ccc(Cl)cc1Cl)C(=O)CCc1cccc2ccccc12. The fraction of sp³-hybridized carbons (Fsp3) is 0.308. The third-order valence-electron chi connectivity index (χ3n) is 5.56. The summed E-state index contributed by atoms with van der Waals surface area (Å²) in [7, 11) is 0. The smallest absolute Gasteiger partial charge is 0.242 e. The Kier molecular flexibility index (Phi) is 8.54. The van der Waals surface area contributed by atoms with Crippen LogP contribution in [0.3, 0.4) is 0 Å². The zero-order valence-electron chi connectivity index (χ0n) is 18.4. The van der Waals surface area contributed by atoms with Crippen molar-refractivity contribution in [2.45, 2.75) is 45.7 Å². The van der Waals surface area contributed by atoms with E-state index in [2.05, 4.69) is 23.5 Å². The van der Waals surface area contributed by atoms with Gasteiger partial charge in [0.05, 0.1) is 0 Å². The summed E-state index contributed by atoms with van der Waals surface area (Å²) in [5.41, 5.74) is 1.87. The zero-order valence-corrected chi connectivity index (χ0v) is 19.9. The number of rotatable bonds is 9. The topological polar surface area (TPSA) is 49.4 Å². The van der Waals surface area contributed by atoms with E-state index < -0.39 is 6.04 Å². The Morgan fingerprint density at radius 2 is 1.75 bits per heavy atom. The van der Waals surface area contributed by atoms with Gasteiger partial charge in [-0.15, -0.1) is 0 Å². The van der Waals surface area contributed by atoms with Gasteiger partial charge in [-0.25, -0.2) is 0 Å². The normalized spacial score (nSPS) is 11.9. The largest absolute Gasteiger partial charge is 0.354 e. The number of hydrogen-bond acceptors (Lipinski definition) is 2. The molecule has 0 radical (unpaired) electrons. The molecule has 1 unspecified atom stereocenters. The third kappa shape index (κ3) is 6.02. The van der Waals surface area contributed by atoms with Crippen LogP contribution in [0.4, 0.5) is 0 Å². The molecule has 3 aromatic rings. The highest BCUT2D eigenvalue weighted by Gasteiger charge is 2.26. The molecule has 0 aliphatic rings. The van der Waals surface area contributed by atoms with Crippen LogP contribution in [0.25, 0.3) is 10.8 Å². The van der Waals surface area contributed by atoms with E-state index in [9.17, 15) is 9.59 Å². The molecule has 3 rings (SSSR count). The quantitative estimate of drug-likeness (QED) is 0.415. The first-order valence-electron chi connectivity index (χ1n) is 10.9. The summed E-state index contributed by atoms with van der Waals surface area (Å²) in [6.45, 7) is 4.56. The second-order valence-corrected chi connectivity index (χ2v) is 8.71. The number of nitrogens with one attached hydrogen (secondary N) is 1. The number of halogens is 2. The minimum absolute atomic E-state index is 0.0944. The average molecular weight is 471 g/mol. The van der Waals surface area contributed by atoms with Crippen LogP contribution in [0.5, 0.6) is 0 Å². The lowest BCUT2D eigenvalue weighted by Gasteiger charge is -2.29. The van der Waals surface area contributed by atoms with E-state index in [-0.39, 0.29) is 18.4 Å². The summed E-state index contributed by atoms with van der Waals surface area (Å²) in [6.07, 6.45) is 1.72. The van der Waals surface area contributed by atoms with Crippen LogP contribution in [-0.4, -0.2) is 29.3 Å². The molecule has 2 amide bonds. The minimum Gasteiger partial charge on any atom is -0.354 e. The van der Waals surface area contributed by atoms with Gasteiger partial charge in [0.2, 0.25) is 11.8 Å². The van der Waals surface area contributed by atoms with Gasteiger partial charge in [0.1, 0.15) is 6.04 Å². The lowest BCUT2D eigenvalue weighted by Crippen LogP contribution is -2.47. The van der Waals surface area contributed by atoms with Crippen molar-refractivity contribution in [2.75, 3.05) is 6.54 Å². The number of aryl methyl sites for hydroxylation is 1. The van der Waals surface area contributed by atoms with Crippen LogP contribution in [0.2, 0.25) is 10.0 Å². The Morgan fingerprint density at radius 3 is 2.50 bits per heavy atom. The van der Waals surface area contributed by atoms with E-state index >= 15 is 0 Å². The van der Waals surface area contributed by atoms with E-state index in [4.69, 9.17) is 23.2 Å². The fourth-order valence-electron chi connectivity index (χ4n) is 3.71. The van der Waals surface area contributed by atoms with Gasteiger partial charge >= 0.3 is 0 Å². The molecule has 0 aromatic heterocycles. The number of nitrogens with zero attached hydrogens (tertiary/aromatic N) is 1. The Bertz CT molecular complexity index is 1090. The molecule has 0 saturated heterocycles. The molecule has 32 heavy (non-hydrogen) atoms. The monoisotopic (exact) mass is 470 g/mol. The van der Waals surface area contributed by atoms with Gasteiger partial charge in [-0.1, -0.05) is 78.7 Å². The van der Waals surface area contributed by atoms with Crippen molar-refractivity contribution in [3.05, 3.63) is 81.8 Å². The maximum absolute atomic E-state index is 13.3. The number of benzene rings is 3. The molecule has 0 spiro atoms. The number of fused-ring (bicyclic) bond motifs is 1. The molecule has 0 fully saturated rings. The van der Waals surface area contributed by atoms with E-state index in [0.29, 0.717) is 29.4 Å². The Balaban J connectivity index is 1.80. The summed E-state index contributed by atoms with van der Waals surface area (Å²) in [4.78, 5) is 27.6. The zero-order chi connectivity index (χ0) is 23.1. The third-order valence-corrected chi connectivity index (χ3v) is 6.15. The predicted molar refractivity (Wildman–Crippen MR) is 132 cm³/mol. The minimum atomic E-state index is -0.617. The highest BCUT2D eigenvalue weighted by Crippen LogP contribution is 2.24. The molecular formula is C26H28Cl2N2O2. The van der Waals surface area contributed by atoms with Crippen molar-refractivity contribution < 1.29 is 9.59 Å². The Morgan fingerprint density at radius 1 is 1.00 bits per heavy atom. The molecule has 168 valence electrons. The molecule has 1 N–H and O–H groups in total. The van der Waals surface area contributed by atoms with Crippen molar-refractivity contribution >= 4 is 45.8 Å². The van der Waals surface area contributed by atoms with E-state index in [1.807, 2.05) is 31.2 Å². The summed E-state index contributed by atoms with van der Waals surface area (Å²) in [6, 6.07) is 18.8. The molecular weight excluding hydrogens is 443 g/mol. The average Bonchev–Trinajstić information content (AvgIpc) is 2.80. The molecule has 0 bridgehead atoms. The Labute approximate surface area is 199 Å². The fourth-order valence-corrected chi connectivity index (χ4v) is 4.18. The van der Waals surface area contributed by atoms with Crippen molar-refractivity contribution in [3.63, 3.8) is 0 Å². The predicted octanol–water partition coefficient (Wildman–Crippen LogP) is 6.02. The summed E-state index contributed by atoms with van der Waals surface area (Å²) in [5, 5.41) is 6.18. The van der Waals surface area contributed by atoms with Crippen LogP contribution < -0.4 is 5.32 Å². The lowest BCUT2D eigenvalue weighted by atomic mass is 10.0. The van der Waals surface area contributed by atoms with E-state index in [1.165, 1.54) is 0 Å². The second-order valence-electron chi connectivity index (χ2n) is 7.86. The summed E-state index contributed by atoms with van der Waals surface area (Å²) < 4.78 is 0. The molecule has 0 heterocycles. The lowest BCUT2D eigenvalue weighted by molar-refractivity contribution is -0.140. The first-order chi connectivity index (χ1) is 15.4. The molecule has 4 nitrogen and oxygen atoms in total. The van der Waals surface area contributed by atoms with Gasteiger partial charge < -0.3 is 10.2 Å². The van der Waals surface area contributed by atoms with Crippen LogP contribution in [0.15, 0.2) is 60.7 Å². The molecule has 0 saturated carbocycles. The molecule has 0 aliphatic carbocycles. The molecule has 3 aromatic carbocycles. The molecule has 1 atom stereocenters. The van der Waals surface area contributed by atoms with Crippen molar-refractivity contribution in [2.24, 2.45) is 0 Å². The first-order valence-corrected chi connectivity index (χ1v) is 11.6. The number of carbonyl (C=O) groups is 2. The number of hydrogen-bond donors (Lipinski definition) is 1. The Hall–Kier alpha value is -2.56. The number of carbonyl (C=O) groups excluding carboxylic acids is 2. The standard InChI is InChI=1S/C26H28Cl2N2O2/c1-3-15-29-26(32)18(2)30(17-21-11-13-22(27)16-24(21)28)25(31)14-12-20-9-6-8-19-7-4-5-10-23(19)20/h4-11,13,16,18H,3,12,14-15,17H2,1-2H3,(H,29,32). The first kappa shape index (κ1) is 24.1. The van der Waals surface area contributed by atoms with E-state index in [1.54, 1.807) is 30.0 Å². The van der Waals surface area contributed by atoms with Crippen LogP contribution in [0.1, 0.15) is 37.8 Å². The van der Waals surface area contributed by atoms with Gasteiger partial charge in [-0.3, -0.25) is 9.59 Å². The van der Waals surface area contributed by atoms with Crippen LogP contribution in [-0.2, 0) is 22.6 Å². The second kappa shape index (κ2) is 11.3. The summed E-state index contributed by atoms with van der Waals surface area (Å²) >= 11 is 12.4. The highest BCUT2D eigenvalue weighted by molar-refractivity contribution is 6.35. The summed E-state index contributed by atoms with van der Waals surface area (Å²) in [5.74, 6) is -0.265. The van der Waals surface area contributed by atoms with Gasteiger partial charge in [-0.05, 0) is 53.8 Å². The maximum Gasteiger partial charge on any atom is 0.242 e. The van der Waals surface area contributed by atoms with Crippen molar-refractivity contribution in [1.29, 1.82) is 0 Å².